The van der Waals surface area contributed by atoms with Gasteiger partial charge in [0.15, 0.2) is 0 Å². The maximum Gasteiger partial charge on any atom is 0.234 e. The number of carbonyl (C=O) groups is 1. The van der Waals surface area contributed by atoms with Crippen molar-refractivity contribution >= 4 is 5.91 Å². The van der Waals surface area contributed by atoms with Crippen LogP contribution in [0.4, 0.5) is 0 Å². The van der Waals surface area contributed by atoms with Crippen molar-refractivity contribution in [2.45, 2.75) is 40.0 Å². The van der Waals surface area contributed by atoms with Crippen LogP contribution >= 0.6 is 0 Å². The second kappa shape index (κ2) is 3.61. The molecule has 0 bridgehead atoms. The molecule has 1 amide bonds. The minimum atomic E-state index is -0.162. The highest BCUT2D eigenvalue weighted by Crippen LogP contribution is 2.57. The van der Waals surface area contributed by atoms with Gasteiger partial charge >= 0.3 is 0 Å². The van der Waals surface area contributed by atoms with Gasteiger partial charge in [0.2, 0.25) is 5.91 Å². The van der Waals surface area contributed by atoms with E-state index < -0.39 is 0 Å². The fraction of sp³-hybridized carbons (Fsp3) is 0.818. The van der Waals surface area contributed by atoms with Gasteiger partial charge in [-0.15, -0.1) is 0 Å². The summed E-state index contributed by atoms with van der Waals surface area (Å²) in [6.45, 7) is 7.27. The van der Waals surface area contributed by atoms with Gasteiger partial charge in [-0.1, -0.05) is 20.8 Å². The highest BCUT2D eigenvalue weighted by Gasteiger charge is 2.49. The molecule has 1 N–H and O–H groups in total. The van der Waals surface area contributed by atoms with Gasteiger partial charge in [0.05, 0.1) is 6.07 Å². The average molecular weight is 194 g/mol. The molecule has 1 aliphatic rings. The van der Waals surface area contributed by atoms with Crippen molar-refractivity contribution in [3.8, 4) is 6.07 Å². The summed E-state index contributed by atoms with van der Waals surface area (Å²) in [4.78, 5) is 11.1. The molecule has 0 spiro atoms. The molecule has 1 saturated carbocycles. The fourth-order valence-corrected chi connectivity index (χ4v) is 1.53. The molecule has 0 aromatic carbocycles. The standard InChI is InChI=1S/C11H18N2O/c1-10(2,11(3)5-6-11)8-13-9(14)4-7-12/h4-6,8H2,1-3H3,(H,13,14). The molecule has 14 heavy (non-hydrogen) atoms. The number of nitriles is 1. The van der Waals surface area contributed by atoms with Crippen LogP contribution in [0.25, 0.3) is 0 Å². The van der Waals surface area contributed by atoms with Crippen LogP contribution in [0, 0.1) is 22.2 Å². The van der Waals surface area contributed by atoms with E-state index in [0.29, 0.717) is 12.0 Å². The molecule has 1 rings (SSSR count). The van der Waals surface area contributed by atoms with Crippen LogP contribution < -0.4 is 5.32 Å². The summed E-state index contributed by atoms with van der Waals surface area (Å²) in [5, 5.41) is 11.1. The van der Waals surface area contributed by atoms with Crippen molar-refractivity contribution in [2.75, 3.05) is 6.54 Å². The first-order chi connectivity index (χ1) is 6.41. The van der Waals surface area contributed by atoms with Gasteiger partial charge in [0.25, 0.3) is 0 Å². The van der Waals surface area contributed by atoms with E-state index in [1.54, 1.807) is 0 Å². The lowest BCUT2D eigenvalue weighted by Gasteiger charge is -2.32. The Morgan fingerprint density at radius 2 is 2.14 bits per heavy atom. The fourth-order valence-electron chi connectivity index (χ4n) is 1.53. The number of amides is 1. The smallest absolute Gasteiger partial charge is 0.234 e. The minimum absolute atomic E-state index is 0.0349. The predicted molar refractivity (Wildman–Crippen MR) is 54.4 cm³/mol. The molecule has 1 aliphatic carbocycles. The van der Waals surface area contributed by atoms with Crippen molar-refractivity contribution in [2.24, 2.45) is 10.8 Å². The summed E-state index contributed by atoms with van der Waals surface area (Å²) in [6.07, 6.45) is 2.45. The summed E-state index contributed by atoms with van der Waals surface area (Å²) < 4.78 is 0. The molecule has 1 fully saturated rings. The lowest BCUT2D eigenvalue weighted by Crippen LogP contribution is -2.38. The second-order valence-corrected chi connectivity index (χ2v) is 5.06. The maximum atomic E-state index is 11.1. The number of hydrogen-bond donors (Lipinski definition) is 1. The van der Waals surface area contributed by atoms with Crippen LogP contribution in [0.3, 0.4) is 0 Å². The number of hydrogen-bond acceptors (Lipinski definition) is 2. The molecule has 0 aromatic rings. The first kappa shape index (κ1) is 11.0. The predicted octanol–water partition coefficient (Wildman–Crippen LogP) is 1.84. The Bertz CT molecular complexity index is 272. The Hall–Kier alpha value is -1.04. The number of nitrogens with one attached hydrogen (secondary N) is 1. The van der Waals surface area contributed by atoms with Gasteiger partial charge in [0.1, 0.15) is 6.42 Å². The van der Waals surface area contributed by atoms with Crippen LogP contribution in [0.15, 0.2) is 0 Å². The Morgan fingerprint density at radius 3 is 2.57 bits per heavy atom. The van der Waals surface area contributed by atoms with E-state index in [1.807, 2.05) is 6.07 Å². The Balaban J connectivity index is 2.37. The first-order valence-electron chi connectivity index (χ1n) is 5.05. The zero-order valence-electron chi connectivity index (χ0n) is 9.18. The summed E-state index contributed by atoms with van der Waals surface area (Å²) >= 11 is 0. The Morgan fingerprint density at radius 1 is 1.57 bits per heavy atom. The van der Waals surface area contributed by atoms with E-state index in [-0.39, 0.29) is 17.7 Å². The molecule has 78 valence electrons. The third-order valence-electron chi connectivity index (χ3n) is 3.60. The summed E-state index contributed by atoms with van der Waals surface area (Å²) in [5.41, 5.74) is 0.519. The zero-order chi connectivity index (χ0) is 10.8. The SMILES string of the molecule is CC(C)(CNC(=O)CC#N)C1(C)CC1. The summed E-state index contributed by atoms with van der Waals surface area (Å²) in [7, 11) is 0. The van der Waals surface area contributed by atoms with Gasteiger partial charge in [-0.3, -0.25) is 4.79 Å². The van der Waals surface area contributed by atoms with Gasteiger partial charge < -0.3 is 5.32 Å². The van der Waals surface area contributed by atoms with E-state index in [1.165, 1.54) is 12.8 Å². The molecular weight excluding hydrogens is 176 g/mol. The van der Waals surface area contributed by atoms with Crippen LogP contribution in [-0.2, 0) is 4.79 Å². The Kier molecular flexibility index (Phi) is 2.84. The van der Waals surface area contributed by atoms with Crippen molar-refractivity contribution in [3.63, 3.8) is 0 Å². The molecule has 3 nitrogen and oxygen atoms in total. The highest BCUT2D eigenvalue weighted by molar-refractivity contribution is 5.77. The van der Waals surface area contributed by atoms with E-state index in [0.717, 1.165) is 0 Å². The molecule has 0 radical (unpaired) electrons. The molecule has 0 aliphatic heterocycles. The minimum Gasteiger partial charge on any atom is -0.355 e. The lowest BCUT2D eigenvalue weighted by atomic mass is 9.77. The number of nitrogens with zero attached hydrogens (tertiary/aromatic N) is 1. The number of carbonyl (C=O) groups excluding carboxylic acids is 1. The third kappa shape index (κ3) is 2.25. The van der Waals surface area contributed by atoms with Crippen LogP contribution in [0.1, 0.15) is 40.0 Å². The average Bonchev–Trinajstić information content (AvgIpc) is 2.83. The normalized spacial score (nSPS) is 18.4. The van der Waals surface area contributed by atoms with Gasteiger partial charge in [-0.2, -0.15) is 5.26 Å². The second-order valence-electron chi connectivity index (χ2n) is 5.06. The zero-order valence-corrected chi connectivity index (χ0v) is 9.18. The summed E-state index contributed by atoms with van der Waals surface area (Å²) in [6, 6.07) is 1.85. The highest BCUT2D eigenvalue weighted by atomic mass is 16.1. The van der Waals surface area contributed by atoms with Crippen molar-refractivity contribution < 1.29 is 4.79 Å². The van der Waals surface area contributed by atoms with E-state index in [4.69, 9.17) is 5.26 Å². The largest absolute Gasteiger partial charge is 0.355 e. The molecule has 3 heteroatoms. The summed E-state index contributed by atoms with van der Waals surface area (Å²) in [5.74, 6) is -0.162. The van der Waals surface area contributed by atoms with Crippen LogP contribution in [-0.4, -0.2) is 12.5 Å². The van der Waals surface area contributed by atoms with Crippen LogP contribution in [0.2, 0.25) is 0 Å². The quantitative estimate of drug-likeness (QED) is 0.742. The molecule has 0 heterocycles. The van der Waals surface area contributed by atoms with Crippen molar-refractivity contribution in [1.29, 1.82) is 5.26 Å². The number of rotatable bonds is 4. The van der Waals surface area contributed by atoms with E-state index >= 15 is 0 Å². The van der Waals surface area contributed by atoms with Gasteiger partial charge in [-0.05, 0) is 23.7 Å². The topological polar surface area (TPSA) is 52.9 Å². The third-order valence-corrected chi connectivity index (χ3v) is 3.60. The van der Waals surface area contributed by atoms with Crippen LogP contribution in [0.5, 0.6) is 0 Å². The molecule has 0 saturated heterocycles. The lowest BCUT2D eigenvalue weighted by molar-refractivity contribution is -0.120. The van der Waals surface area contributed by atoms with Gasteiger partial charge in [0, 0.05) is 6.54 Å². The molecular formula is C11H18N2O. The molecule has 0 atom stereocenters. The van der Waals surface area contributed by atoms with E-state index in [9.17, 15) is 4.79 Å². The molecule has 0 unspecified atom stereocenters. The maximum absolute atomic E-state index is 11.1. The first-order valence-corrected chi connectivity index (χ1v) is 5.05. The van der Waals surface area contributed by atoms with Gasteiger partial charge in [-0.25, -0.2) is 0 Å². The van der Waals surface area contributed by atoms with Crippen molar-refractivity contribution in [1.82, 2.24) is 5.32 Å². The van der Waals surface area contributed by atoms with Crippen molar-refractivity contribution in [3.05, 3.63) is 0 Å². The monoisotopic (exact) mass is 194 g/mol. The molecule has 0 aromatic heterocycles. The Labute approximate surface area is 85.5 Å². The van der Waals surface area contributed by atoms with E-state index in [2.05, 4.69) is 26.1 Å².